The molecule has 1 aliphatic heterocycles. The molecule has 1 aromatic carbocycles. The maximum atomic E-state index is 9.22. The first-order valence-corrected chi connectivity index (χ1v) is 8.47. The molecular weight excluding hydrogens is 290 g/mol. The average molecular weight is 315 g/mol. The van der Waals surface area contributed by atoms with Crippen LogP contribution in [0.3, 0.4) is 0 Å². The van der Waals surface area contributed by atoms with E-state index in [1.807, 2.05) is 12.1 Å². The second-order valence-electron chi connectivity index (χ2n) is 6.34. The molecule has 1 aromatic heterocycles. The molecule has 1 unspecified atom stereocenters. The average Bonchev–Trinajstić information content (AvgIpc) is 2.99. The Balaban J connectivity index is 1.63. The van der Waals surface area contributed by atoms with Crippen LogP contribution in [0.15, 0.2) is 28.8 Å². The van der Waals surface area contributed by atoms with E-state index in [1.165, 1.54) is 24.0 Å². The minimum absolute atomic E-state index is 0.240. The first-order chi connectivity index (χ1) is 11.3. The van der Waals surface area contributed by atoms with Crippen LogP contribution < -0.4 is 0 Å². The predicted octanol–water partition coefficient (Wildman–Crippen LogP) is 2.71. The summed E-state index contributed by atoms with van der Waals surface area (Å²) in [5, 5.41) is 13.3. The van der Waals surface area contributed by atoms with Gasteiger partial charge in [-0.15, -0.1) is 0 Å². The largest absolute Gasteiger partial charge is 0.396 e. The number of hydrogen-bond donors (Lipinski definition) is 1. The number of aliphatic hydroxyl groups is 1. The van der Waals surface area contributed by atoms with Gasteiger partial charge in [-0.3, -0.25) is 4.90 Å². The van der Waals surface area contributed by atoms with E-state index in [0.717, 1.165) is 25.2 Å². The number of likely N-dealkylation sites (tertiary alicyclic amines) is 1. The number of nitrogens with zero attached hydrogens (tertiary/aromatic N) is 3. The van der Waals surface area contributed by atoms with Gasteiger partial charge in [-0.25, -0.2) is 0 Å². The molecule has 1 saturated heterocycles. The fraction of sp³-hybridized carbons (Fsp3) is 0.556. The van der Waals surface area contributed by atoms with Crippen molar-refractivity contribution in [2.24, 2.45) is 0 Å². The monoisotopic (exact) mass is 315 g/mol. The number of piperidine rings is 1. The van der Waals surface area contributed by atoms with Gasteiger partial charge in [0.25, 0.3) is 0 Å². The van der Waals surface area contributed by atoms with Crippen molar-refractivity contribution in [1.82, 2.24) is 15.0 Å². The van der Waals surface area contributed by atoms with Crippen LogP contribution in [0.1, 0.15) is 48.5 Å². The van der Waals surface area contributed by atoms with Crippen molar-refractivity contribution < 1.29 is 9.63 Å². The zero-order valence-corrected chi connectivity index (χ0v) is 13.7. The summed E-state index contributed by atoms with van der Waals surface area (Å²) in [6.07, 6.45) is 5.11. The Labute approximate surface area is 137 Å². The van der Waals surface area contributed by atoms with E-state index in [-0.39, 0.29) is 6.61 Å². The molecule has 5 heteroatoms. The Morgan fingerprint density at radius 2 is 2.17 bits per heavy atom. The van der Waals surface area contributed by atoms with Gasteiger partial charge in [-0.05, 0) is 43.9 Å². The Morgan fingerprint density at radius 1 is 1.30 bits per heavy atom. The highest BCUT2D eigenvalue weighted by Gasteiger charge is 2.23. The standard InChI is InChI=1S/C18H25N3O2/c1-14-6-2-3-7-15(14)12-17-19-18(23-20-17)13-21-10-5-4-8-16(21)9-11-22/h2-3,6-7,16,22H,4-5,8-13H2,1H3. The fourth-order valence-electron chi connectivity index (χ4n) is 3.32. The van der Waals surface area contributed by atoms with Gasteiger partial charge in [-0.2, -0.15) is 4.98 Å². The van der Waals surface area contributed by atoms with Crippen molar-refractivity contribution >= 4 is 0 Å². The second-order valence-corrected chi connectivity index (χ2v) is 6.34. The van der Waals surface area contributed by atoms with Crippen LogP contribution in [0.2, 0.25) is 0 Å². The second kappa shape index (κ2) is 7.70. The summed E-state index contributed by atoms with van der Waals surface area (Å²) >= 11 is 0. The topological polar surface area (TPSA) is 62.4 Å². The summed E-state index contributed by atoms with van der Waals surface area (Å²) in [4.78, 5) is 6.92. The third kappa shape index (κ3) is 4.18. The van der Waals surface area contributed by atoms with E-state index in [2.05, 4.69) is 34.1 Å². The third-order valence-corrected chi connectivity index (χ3v) is 4.67. The van der Waals surface area contributed by atoms with E-state index in [9.17, 15) is 5.11 Å². The summed E-state index contributed by atoms with van der Waals surface area (Å²) in [5.74, 6) is 1.42. The third-order valence-electron chi connectivity index (χ3n) is 4.67. The van der Waals surface area contributed by atoms with Crippen molar-refractivity contribution in [1.29, 1.82) is 0 Å². The molecule has 1 aliphatic rings. The quantitative estimate of drug-likeness (QED) is 0.888. The highest BCUT2D eigenvalue weighted by Crippen LogP contribution is 2.21. The van der Waals surface area contributed by atoms with Gasteiger partial charge in [0, 0.05) is 19.1 Å². The molecular formula is C18H25N3O2. The van der Waals surface area contributed by atoms with Crippen LogP contribution in [0.25, 0.3) is 0 Å². The van der Waals surface area contributed by atoms with E-state index >= 15 is 0 Å². The zero-order valence-electron chi connectivity index (χ0n) is 13.7. The van der Waals surface area contributed by atoms with Crippen LogP contribution in [-0.2, 0) is 13.0 Å². The van der Waals surface area contributed by atoms with Crippen molar-refractivity contribution in [3.63, 3.8) is 0 Å². The molecule has 0 spiro atoms. The summed E-state index contributed by atoms with van der Waals surface area (Å²) in [6, 6.07) is 8.71. The van der Waals surface area contributed by atoms with Gasteiger partial charge >= 0.3 is 0 Å². The fourth-order valence-corrected chi connectivity index (χ4v) is 3.32. The highest BCUT2D eigenvalue weighted by molar-refractivity contribution is 5.27. The normalized spacial score (nSPS) is 19.1. The van der Waals surface area contributed by atoms with Crippen LogP contribution in [0.4, 0.5) is 0 Å². The zero-order chi connectivity index (χ0) is 16.1. The van der Waals surface area contributed by atoms with Gasteiger partial charge in [0.15, 0.2) is 5.82 Å². The van der Waals surface area contributed by atoms with Crippen LogP contribution in [0, 0.1) is 6.92 Å². The molecule has 124 valence electrons. The van der Waals surface area contributed by atoms with E-state index in [1.54, 1.807) is 0 Å². The Kier molecular flexibility index (Phi) is 5.41. The molecule has 1 atom stereocenters. The number of aliphatic hydroxyl groups excluding tert-OH is 1. The summed E-state index contributed by atoms with van der Waals surface area (Å²) in [6.45, 7) is 4.07. The lowest BCUT2D eigenvalue weighted by molar-refractivity contribution is 0.100. The Hall–Kier alpha value is -1.72. The van der Waals surface area contributed by atoms with Crippen molar-refractivity contribution in [3.05, 3.63) is 47.1 Å². The molecule has 5 nitrogen and oxygen atoms in total. The van der Waals surface area contributed by atoms with Gasteiger partial charge in [0.05, 0.1) is 6.54 Å². The minimum Gasteiger partial charge on any atom is -0.396 e. The molecule has 3 rings (SSSR count). The van der Waals surface area contributed by atoms with E-state index in [4.69, 9.17) is 4.52 Å². The summed E-state index contributed by atoms with van der Waals surface area (Å²) in [5.41, 5.74) is 2.48. The van der Waals surface area contributed by atoms with Crippen molar-refractivity contribution in [3.8, 4) is 0 Å². The lowest BCUT2D eigenvalue weighted by Gasteiger charge is -2.34. The number of rotatable bonds is 6. The maximum absolute atomic E-state index is 9.22. The lowest BCUT2D eigenvalue weighted by Crippen LogP contribution is -2.39. The predicted molar refractivity (Wildman–Crippen MR) is 88.0 cm³/mol. The van der Waals surface area contributed by atoms with E-state index < -0.39 is 0 Å². The first kappa shape index (κ1) is 16.1. The Bertz CT molecular complexity index is 624. The van der Waals surface area contributed by atoms with Crippen LogP contribution >= 0.6 is 0 Å². The van der Waals surface area contributed by atoms with Crippen molar-refractivity contribution in [2.45, 2.75) is 51.6 Å². The van der Waals surface area contributed by atoms with Gasteiger partial charge in [0.2, 0.25) is 5.89 Å². The van der Waals surface area contributed by atoms with Gasteiger partial charge in [0.1, 0.15) is 0 Å². The summed E-state index contributed by atoms with van der Waals surface area (Å²) in [7, 11) is 0. The van der Waals surface area contributed by atoms with E-state index in [0.29, 0.717) is 24.9 Å². The Morgan fingerprint density at radius 3 is 3.00 bits per heavy atom. The molecule has 0 bridgehead atoms. The number of aromatic nitrogens is 2. The van der Waals surface area contributed by atoms with Crippen LogP contribution in [-0.4, -0.2) is 39.3 Å². The molecule has 2 aromatic rings. The number of hydrogen-bond acceptors (Lipinski definition) is 5. The smallest absolute Gasteiger partial charge is 0.240 e. The molecule has 0 saturated carbocycles. The highest BCUT2D eigenvalue weighted by atomic mass is 16.5. The van der Waals surface area contributed by atoms with Gasteiger partial charge < -0.3 is 9.63 Å². The molecule has 2 heterocycles. The first-order valence-electron chi connectivity index (χ1n) is 8.47. The molecule has 1 fully saturated rings. The number of benzene rings is 1. The molecule has 23 heavy (non-hydrogen) atoms. The minimum atomic E-state index is 0.240. The lowest BCUT2D eigenvalue weighted by atomic mass is 10.00. The van der Waals surface area contributed by atoms with Crippen molar-refractivity contribution in [2.75, 3.05) is 13.2 Å². The maximum Gasteiger partial charge on any atom is 0.240 e. The molecule has 0 aliphatic carbocycles. The molecule has 0 radical (unpaired) electrons. The van der Waals surface area contributed by atoms with Gasteiger partial charge in [-0.1, -0.05) is 35.8 Å². The summed E-state index contributed by atoms with van der Waals surface area (Å²) < 4.78 is 5.44. The molecule has 1 N–H and O–H groups in total. The van der Waals surface area contributed by atoms with Crippen LogP contribution in [0.5, 0.6) is 0 Å². The number of aryl methyl sites for hydroxylation is 1. The SMILES string of the molecule is Cc1ccccc1Cc1noc(CN2CCCCC2CCO)n1. The molecule has 0 amide bonds.